The summed E-state index contributed by atoms with van der Waals surface area (Å²) in [5, 5.41) is 0.908. The Morgan fingerprint density at radius 2 is 1.75 bits per heavy atom. The first-order valence-electron chi connectivity index (χ1n) is 6.18. The molecule has 0 saturated carbocycles. The van der Waals surface area contributed by atoms with Gasteiger partial charge in [0.1, 0.15) is 0 Å². The number of nitrogens with two attached hydrogens (primary N) is 1. The molecule has 20 heavy (non-hydrogen) atoms. The van der Waals surface area contributed by atoms with E-state index in [0.717, 1.165) is 5.56 Å². The van der Waals surface area contributed by atoms with E-state index in [2.05, 4.69) is 16.9 Å². The largest absolute Gasteiger partial charge is 0.394 e. The topological polar surface area (TPSA) is 55.0 Å². The number of nitrogen functional groups attached to an aromatic ring is 1. The Morgan fingerprint density at radius 1 is 1.15 bits per heavy atom. The van der Waals surface area contributed by atoms with Crippen molar-refractivity contribution in [2.75, 3.05) is 17.7 Å². The van der Waals surface area contributed by atoms with Gasteiger partial charge >= 0.3 is 0 Å². The SMILES string of the molecule is Cc1nc(Cl)nc(N(C)C(C)c2ccc(Cl)cc2)c1N. The highest BCUT2D eigenvalue weighted by Gasteiger charge is 2.18. The van der Waals surface area contributed by atoms with Crippen molar-refractivity contribution in [1.82, 2.24) is 9.97 Å². The van der Waals surface area contributed by atoms with Gasteiger partial charge in [0.2, 0.25) is 5.28 Å². The standard InChI is InChI=1S/C14H16Cl2N4/c1-8-12(17)13(19-14(16)18-8)20(3)9(2)10-4-6-11(15)7-5-10/h4-7,9H,17H2,1-3H3. The van der Waals surface area contributed by atoms with E-state index >= 15 is 0 Å². The lowest BCUT2D eigenvalue weighted by atomic mass is 10.1. The molecular formula is C14H16Cl2N4. The molecule has 1 heterocycles. The van der Waals surface area contributed by atoms with Gasteiger partial charge in [-0.1, -0.05) is 23.7 Å². The number of hydrogen-bond donors (Lipinski definition) is 1. The van der Waals surface area contributed by atoms with E-state index in [1.807, 2.05) is 43.1 Å². The fourth-order valence-corrected chi connectivity index (χ4v) is 2.28. The molecule has 2 aromatic rings. The lowest BCUT2D eigenvalue weighted by Crippen LogP contribution is -2.24. The number of rotatable bonds is 3. The first kappa shape index (κ1) is 14.9. The van der Waals surface area contributed by atoms with Crippen molar-refractivity contribution in [3.8, 4) is 0 Å². The fourth-order valence-electron chi connectivity index (χ4n) is 1.95. The maximum absolute atomic E-state index is 6.05. The van der Waals surface area contributed by atoms with Gasteiger partial charge in [0.15, 0.2) is 5.82 Å². The van der Waals surface area contributed by atoms with Crippen LogP contribution in [0.5, 0.6) is 0 Å². The van der Waals surface area contributed by atoms with E-state index in [0.29, 0.717) is 22.2 Å². The monoisotopic (exact) mass is 310 g/mol. The first-order chi connectivity index (χ1) is 9.40. The first-order valence-corrected chi connectivity index (χ1v) is 6.93. The normalized spacial score (nSPS) is 12.2. The Bertz CT molecular complexity index is 613. The van der Waals surface area contributed by atoms with Crippen LogP contribution in [0.4, 0.5) is 11.5 Å². The van der Waals surface area contributed by atoms with Gasteiger partial charge in [-0.2, -0.15) is 4.98 Å². The quantitative estimate of drug-likeness (QED) is 0.874. The molecule has 0 aliphatic heterocycles. The van der Waals surface area contributed by atoms with E-state index < -0.39 is 0 Å². The van der Waals surface area contributed by atoms with Gasteiger partial charge in [0, 0.05) is 12.1 Å². The minimum Gasteiger partial charge on any atom is -0.394 e. The molecule has 2 N–H and O–H groups in total. The van der Waals surface area contributed by atoms with Crippen molar-refractivity contribution in [3.63, 3.8) is 0 Å². The van der Waals surface area contributed by atoms with Crippen LogP contribution < -0.4 is 10.6 Å². The second-order valence-electron chi connectivity index (χ2n) is 4.65. The molecule has 0 bridgehead atoms. The van der Waals surface area contributed by atoms with Gasteiger partial charge in [-0.3, -0.25) is 0 Å². The summed E-state index contributed by atoms with van der Waals surface area (Å²) in [7, 11) is 1.92. The summed E-state index contributed by atoms with van der Waals surface area (Å²) in [6, 6.07) is 7.77. The van der Waals surface area contributed by atoms with Crippen LogP contribution >= 0.6 is 23.2 Å². The number of hydrogen-bond acceptors (Lipinski definition) is 4. The maximum atomic E-state index is 6.05. The molecule has 1 aromatic heterocycles. The van der Waals surface area contributed by atoms with Gasteiger partial charge in [-0.05, 0) is 43.1 Å². The Kier molecular flexibility index (Phi) is 4.35. The van der Waals surface area contributed by atoms with Crippen LogP contribution in [0.2, 0.25) is 10.3 Å². The molecule has 0 aliphatic carbocycles. The average molecular weight is 311 g/mol. The molecule has 1 atom stereocenters. The van der Waals surface area contributed by atoms with Crippen LogP contribution in [0.25, 0.3) is 0 Å². The van der Waals surface area contributed by atoms with Crippen molar-refractivity contribution in [3.05, 3.63) is 45.8 Å². The predicted octanol–water partition coefficient (Wildman–Crippen LogP) is 3.87. The van der Waals surface area contributed by atoms with E-state index in [-0.39, 0.29) is 11.3 Å². The third kappa shape index (κ3) is 2.97. The van der Waals surface area contributed by atoms with Gasteiger partial charge in [-0.15, -0.1) is 0 Å². The van der Waals surface area contributed by atoms with Crippen LogP contribution in [0, 0.1) is 6.92 Å². The average Bonchev–Trinajstić information content (AvgIpc) is 2.42. The zero-order valence-electron chi connectivity index (χ0n) is 11.6. The van der Waals surface area contributed by atoms with E-state index in [4.69, 9.17) is 28.9 Å². The molecule has 1 unspecified atom stereocenters. The summed E-state index contributed by atoms with van der Waals surface area (Å²) >= 11 is 11.8. The molecule has 6 heteroatoms. The van der Waals surface area contributed by atoms with Crippen molar-refractivity contribution >= 4 is 34.7 Å². The molecule has 0 fully saturated rings. The molecule has 4 nitrogen and oxygen atoms in total. The minimum absolute atomic E-state index is 0.0833. The van der Waals surface area contributed by atoms with E-state index in [1.54, 1.807) is 0 Å². The summed E-state index contributed by atoms with van der Waals surface area (Å²) < 4.78 is 0. The molecule has 0 aliphatic rings. The van der Waals surface area contributed by atoms with Crippen molar-refractivity contribution in [2.24, 2.45) is 0 Å². The highest BCUT2D eigenvalue weighted by Crippen LogP contribution is 2.30. The number of anilines is 2. The predicted molar refractivity (Wildman–Crippen MR) is 84.5 cm³/mol. The fraction of sp³-hybridized carbons (Fsp3) is 0.286. The summed E-state index contributed by atoms with van der Waals surface area (Å²) in [4.78, 5) is 10.2. The number of halogens is 2. The molecule has 106 valence electrons. The molecular weight excluding hydrogens is 295 g/mol. The summed E-state index contributed by atoms with van der Waals surface area (Å²) in [6.07, 6.45) is 0. The number of nitrogens with zero attached hydrogens (tertiary/aromatic N) is 3. The van der Waals surface area contributed by atoms with Gasteiger partial charge in [-0.25, -0.2) is 4.98 Å². The lowest BCUT2D eigenvalue weighted by Gasteiger charge is -2.27. The molecule has 0 spiro atoms. The van der Waals surface area contributed by atoms with Crippen LogP contribution in [0.3, 0.4) is 0 Å². The number of aromatic nitrogens is 2. The summed E-state index contributed by atoms with van der Waals surface area (Å²) in [6.45, 7) is 3.88. The van der Waals surface area contributed by atoms with Gasteiger partial charge in [0.25, 0.3) is 0 Å². The van der Waals surface area contributed by atoms with Crippen LogP contribution in [0.1, 0.15) is 24.2 Å². The zero-order chi connectivity index (χ0) is 14.9. The van der Waals surface area contributed by atoms with E-state index in [9.17, 15) is 0 Å². The highest BCUT2D eigenvalue weighted by molar-refractivity contribution is 6.30. The zero-order valence-corrected chi connectivity index (χ0v) is 13.1. The lowest BCUT2D eigenvalue weighted by molar-refractivity contribution is 0.727. The summed E-state index contributed by atoms with van der Waals surface area (Å²) in [5.41, 5.74) is 8.38. The highest BCUT2D eigenvalue weighted by atomic mass is 35.5. The molecule has 0 amide bonds. The molecule has 2 rings (SSSR count). The third-order valence-corrected chi connectivity index (χ3v) is 3.78. The van der Waals surface area contributed by atoms with Crippen molar-refractivity contribution in [1.29, 1.82) is 0 Å². The van der Waals surface area contributed by atoms with Gasteiger partial charge < -0.3 is 10.6 Å². The number of benzene rings is 1. The second-order valence-corrected chi connectivity index (χ2v) is 5.43. The van der Waals surface area contributed by atoms with E-state index in [1.165, 1.54) is 0 Å². The Balaban J connectivity index is 2.35. The maximum Gasteiger partial charge on any atom is 0.224 e. The van der Waals surface area contributed by atoms with Crippen molar-refractivity contribution in [2.45, 2.75) is 19.9 Å². The van der Waals surface area contributed by atoms with Crippen molar-refractivity contribution < 1.29 is 0 Å². The Labute approximate surface area is 128 Å². The minimum atomic E-state index is 0.0833. The van der Waals surface area contributed by atoms with Crippen LogP contribution in [-0.4, -0.2) is 17.0 Å². The Hall–Kier alpha value is -1.52. The van der Waals surface area contributed by atoms with Crippen LogP contribution in [-0.2, 0) is 0 Å². The smallest absolute Gasteiger partial charge is 0.224 e. The Morgan fingerprint density at radius 3 is 2.35 bits per heavy atom. The second kappa shape index (κ2) is 5.85. The third-order valence-electron chi connectivity index (χ3n) is 3.36. The number of aryl methyl sites for hydroxylation is 1. The molecule has 1 aromatic carbocycles. The van der Waals surface area contributed by atoms with Crippen LogP contribution in [0.15, 0.2) is 24.3 Å². The molecule has 0 radical (unpaired) electrons. The summed E-state index contributed by atoms with van der Waals surface area (Å²) in [5.74, 6) is 0.630. The molecule has 0 saturated heterocycles. The van der Waals surface area contributed by atoms with Gasteiger partial charge in [0.05, 0.1) is 17.4 Å².